The quantitative estimate of drug-likeness (QED) is 0.686. The van der Waals surface area contributed by atoms with Gasteiger partial charge in [0.15, 0.2) is 0 Å². The van der Waals surface area contributed by atoms with Crippen LogP contribution in [0.1, 0.15) is 15.9 Å². The SMILES string of the molecule is O=C(NC[C@H](Cc1ccccc1)C(=O)O)c1ccc(-n2ccnc2)cc1. The number of benzene rings is 2. The lowest BCUT2D eigenvalue weighted by Crippen LogP contribution is -2.34. The van der Waals surface area contributed by atoms with Crippen molar-refractivity contribution in [2.75, 3.05) is 6.54 Å². The molecule has 6 nitrogen and oxygen atoms in total. The Morgan fingerprint density at radius 2 is 1.81 bits per heavy atom. The van der Waals surface area contributed by atoms with E-state index in [-0.39, 0.29) is 12.5 Å². The van der Waals surface area contributed by atoms with Crippen molar-refractivity contribution in [3.63, 3.8) is 0 Å². The van der Waals surface area contributed by atoms with Gasteiger partial charge in [-0.1, -0.05) is 30.3 Å². The van der Waals surface area contributed by atoms with E-state index in [4.69, 9.17) is 0 Å². The summed E-state index contributed by atoms with van der Waals surface area (Å²) in [7, 11) is 0. The Morgan fingerprint density at radius 1 is 1.08 bits per heavy atom. The molecule has 3 rings (SSSR count). The van der Waals surface area contributed by atoms with E-state index in [1.807, 2.05) is 53.2 Å². The number of carboxylic acids is 1. The molecule has 26 heavy (non-hydrogen) atoms. The number of carbonyl (C=O) groups is 2. The fourth-order valence-electron chi connectivity index (χ4n) is 2.66. The Bertz CT molecular complexity index is 859. The second-order valence-corrected chi connectivity index (χ2v) is 5.95. The van der Waals surface area contributed by atoms with Gasteiger partial charge in [0, 0.05) is 30.2 Å². The second kappa shape index (κ2) is 8.11. The molecule has 0 spiro atoms. The Labute approximate surface area is 151 Å². The zero-order valence-corrected chi connectivity index (χ0v) is 14.1. The van der Waals surface area contributed by atoms with Gasteiger partial charge in [0.05, 0.1) is 12.2 Å². The number of hydrogen-bond donors (Lipinski definition) is 2. The summed E-state index contributed by atoms with van der Waals surface area (Å²) in [6.07, 6.45) is 5.54. The Hall–Kier alpha value is -3.41. The topological polar surface area (TPSA) is 84.2 Å². The molecule has 1 atom stereocenters. The van der Waals surface area contributed by atoms with E-state index in [0.29, 0.717) is 12.0 Å². The predicted octanol–water partition coefficient (Wildman–Crippen LogP) is 2.55. The highest BCUT2D eigenvalue weighted by molar-refractivity contribution is 5.94. The maximum absolute atomic E-state index is 12.3. The number of nitrogens with one attached hydrogen (secondary N) is 1. The molecule has 0 bridgehead atoms. The number of carboxylic acid groups (broad SMARTS) is 1. The molecule has 0 aliphatic carbocycles. The highest BCUT2D eigenvalue weighted by Gasteiger charge is 2.19. The van der Waals surface area contributed by atoms with Crippen LogP contribution in [0, 0.1) is 5.92 Å². The lowest BCUT2D eigenvalue weighted by atomic mass is 9.99. The fourth-order valence-corrected chi connectivity index (χ4v) is 2.66. The number of aromatic nitrogens is 2. The molecule has 0 saturated heterocycles. The summed E-state index contributed by atoms with van der Waals surface area (Å²) < 4.78 is 1.84. The van der Waals surface area contributed by atoms with Gasteiger partial charge in [-0.05, 0) is 36.2 Å². The first kappa shape index (κ1) is 17.4. The van der Waals surface area contributed by atoms with Crippen LogP contribution in [-0.4, -0.2) is 33.1 Å². The maximum Gasteiger partial charge on any atom is 0.308 e. The maximum atomic E-state index is 12.3. The summed E-state index contributed by atoms with van der Waals surface area (Å²) in [4.78, 5) is 27.8. The molecule has 1 aromatic heterocycles. The lowest BCUT2D eigenvalue weighted by molar-refractivity contribution is -0.141. The van der Waals surface area contributed by atoms with Crippen LogP contribution in [0.15, 0.2) is 73.3 Å². The van der Waals surface area contributed by atoms with Gasteiger partial charge in [0.25, 0.3) is 5.91 Å². The van der Waals surface area contributed by atoms with E-state index in [1.165, 1.54) is 0 Å². The summed E-state index contributed by atoms with van der Waals surface area (Å²) in [6, 6.07) is 16.4. The monoisotopic (exact) mass is 349 g/mol. The average molecular weight is 349 g/mol. The minimum absolute atomic E-state index is 0.0757. The molecule has 2 aromatic carbocycles. The van der Waals surface area contributed by atoms with Gasteiger partial charge in [-0.3, -0.25) is 9.59 Å². The summed E-state index contributed by atoms with van der Waals surface area (Å²) >= 11 is 0. The van der Waals surface area contributed by atoms with Gasteiger partial charge in [-0.25, -0.2) is 4.98 Å². The van der Waals surface area contributed by atoms with E-state index in [2.05, 4.69) is 10.3 Å². The Morgan fingerprint density at radius 3 is 2.42 bits per heavy atom. The van der Waals surface area contributed by atoms with Crippen molar-refractivity contribution in [1.82, 2.24) is 14.9 Å². The third kappa shape index (κ3) is 4.36. The second-order valence-electron chi connectivity index (χ2n) is 5.95. The van der Waals surface area contributed by atoms with Crippen molar-refractivity contribution < 1.29 is 14.7 Å². The van der Waals surface area contributed by atoms with Crippen LogP contribution in [-0.2, 0) is 11.2 Å². The number of aliphatic carboxylic acids is 1. The van der Waals surface area contributed by atoms with Gasteiger partial charge in [0.1, 0.15) is 0 Å². The minimum atomic E-state index is -0.926. The van der Waals surface area contributed by atoms with Crippen LogP contribution in [0.2, 0.25) is 0 Å². The number of carbonyl (C=O) groups excluding carboxylic acids is 1. The van der Waals surface area contributed by atoms with Gasteiger partial charge in [-0.2, -0.15) is 0 Å². The zero-order valence-electron chi connectivity index (χ0n) is 14.1. The van der Waals surface area contributed by atoms with Crippen molar-refractivity contribution in [3.8, 4) is 5.69 Å². The molecule has 132 valence electrons. The van der Waals surface area contributed by atoms with Crippen LogP contribution in [0.25, 0.3) is 5.69 Å². The summed E-state index contributed by atoms with van der Waals surface area (Å²) in [5.41, 5.74) is 2.31. The number of amides is 1. The third-order valence-electron chi connectivity index (χ3n) is 4.12. The first-order valence-electron chi connectivity index (χ1n) is 8.27. The van der Waals surface area contributed by atoms with Crippen LogP contribution in [0.5, 0.6) is 0 Å². The summed E-state index contributed by atoms with van der Waals surface area (Å²) in [5.74, 6) is -1.89. The van der Waals surface area contributed by atoms with E-state index in [1.54, 1.807) is 24.7 Å². The van der Waals surface area contributed by atoms with E-state index in [9.17, 15) is 14.7 Å². The van der Waals surface area contributed by atoms with Crippen LogP contribution < -0.4 is 5.32 Å². The van der Waals surface area contributed by atoms with E-state index in [0.717, 1.165) is 11.3 Å². The number of imidazole rings is 1. The number of hydrogen-bond acceptors (Lipinski definition) is 3. The molecule has 0 aliphatic rings. The zero-order chi connectivity index (χ0) is 18.4. The van der Waals surface area contributed by atoms with Crippen molar-refractivity contribution in [2.24, 2.45) is 5.92 Å². The van der Waals surface area contributed by atoms with Crippen molar-refractivity contribution in [2.45, 2.75) is 6.42 Å². The summed E-state index contributed by atoms with van der Waals surface area (Å²) in [5, 5.41) is 12.1. The molecule has 0 saturated carbocycles. The average Bonchev–Trinajstić information content (AvgIpc) is 3.20. The molecule has 1 amide bonds. The third-order valence-corrected chi connectivity index (χ3v) is 4.12. The number of rotatable bonds is 7. The van der Waals surface area contributed by atoms with Gasteiger partial charge in [-0.15, -0.1) is 0 Å². The Kier molecular flexibility index (Phi) is 5.43. The van der Waals surface area contributed by atoms with Crippen molar-refractivity contribution in [1.29, 1.82) is 0 Å². The molecule has 1 heterocycles. The normalized spacial score (nSPS) is 11.7. The van der Waals surface area contributed by atoms with Crippen LogP contribution in [0.3, 0.4) is 0 Å². The predicted molar refractivity (Wildman–Crippen MR) is 97.2 cm³/mol. The molecule has 2 N–H and O–H groups in total. The molecule has 6 heteroatoms. The molecular formula is C20H19N3O3. The standard InChI is InChI=1S/C20H19N3O3/c24-19(16-6-8-18(9-7-16)23-11-10-21-14-23)22-13-17(20(25)26)12-15-4-2-1-3-5-15/h1-11,14,17H,12-13H2,(H,22,24)(H,25,26)/t17-/m0/s1. The summed E-state index contributed by atoms with van der Waals surface area (Å²) in [6.45, 7) is 0.0757. The molecule has 3 aromatic rings. The van der Waals surface area contributed by atoms with Gasteiger partial charge >= 0.3 is 5.97 Å². The minimum Gasteiger partial charge on any atom is -0.481 e. The molecular weight excluding hydrogens is 330 g/mol. The van der Waals surface area contributed by atoms with Crippen molar-refractivity contribution >= 4 is 11.9 Å². The van der Waals surface area contributed by atoms with Crippen LogP contribution >= 0.6 is 0 Å². The van der Waals surface area contributed by atoms with Gasteiger partial charge in [0.2, 0.25) is 0 Å². The molecule has 0 aliphatic heterocycles. The van der Waals surface area contributed by atoms with E-state index >= 15 is 0 Å². The molecule has 0 unspecified atom stereocenters. The smallest absolute Gasteiger partial charge is 0.308 e. The van der Waals surface area contributed by atoms with E-state index < -0.39 is 11.9 Å². The lowest BCUT2D eigenvalue weighted by Gasteiger charge is -2.14. The number of nitrogens with zero attached hydrogens (tertiary/aromatic N) is 2. The van der Waals surface area contributed by atoms with Crippen molar-refractivity contribution in [3.05, 3.63) is 84.4 Å². The first-order valence-corrected chi connectivity index (χ1v) is 8.27. The molecule has 0 radical (unpaired) electrons. The highest BCUT2D eigenvalue weighted by Crippen LogP contribution is 2.11. The van der Waals surface area contributed by atoms with Gasteiger partial charge < -0.3 is 15.0 Å². The Balaban J connectivity index is 1.60. The first-order chi connectivity index (χ1) is 12.6. The fraction of sp³-hybridized carbons (Fsp3) is 0.150. The molecule has 0 fully saturated rings. The largest absolute Gasteiger partial charge is 0.481 e. The van der Waals surface area contributed by atoms with Crippen LogP contribution in [0.4, 0.5) is 0 Å². The highest BCUT2D eigenvalue weighted by atomic mass is 16.4.